The van der Waals surface area contributed by atoms with E-state index in [0.717, 1.165) is 5.56 Å². The zero-order valence-corrected chi connectivity index (χ0v) is 13.0. The summed E-state index contributed by atoms with van der Waals surface area (Å²) >= 11 is 0. The van der Waals surface area contributed by atoms with E-state index < -0.39 is 17.9 Å². The van der Waals surface area contributed by atoms with Crippen LogP contribution in [-0.2, 0) is 14.3 Å². The normalized spacial score (nSPS) is 13.0. The summed E-state index contributed by atoms with van der Waals surface area (Å²) in [7, 11) is 1.27. The van der Waals surface area contributed by atoms with E-state index in [1.54, 1.807) is 12.1 Å². The van der Waals surface area contributed by atoms with Gasteiger partial charge in [-0.1, -0.05) is 42.5 Å². The van der Waals surface area contributed by atoms with Crippen LogP contribution in [0.5, 0.6) is 0 Å². The molecule has 2 aromatic carbocycles. The van der Waals surface area contributed by atoms with Crippen LogP contribution in [0.2, 0.25) is 0 Å². The van der Waals surface area contributed by atoms with Gasteiger partial charge in [-0.05, 0) is 23.3 Å². The first-order chi connectivity index (χ1) is 11.0. The van der Waals surface area contributed by atoms with Crippen molar-refractivity contribution in [1.29, 1.82) is 0 Å². The van der Waals surface area contributed by atoms with E-state index in [2.05, 4.69) is 5.32 Å². The van der Waals surface area contributed by atoms with Crippen molar-refractivity contribution >= 4 is 11.9 Å². The molecule has 2 atom stereocenters. The van der Waals surface area contributed by atoms with Gasteiger partial charge in [0.25, 0.3) is 0 Å². The maximum absolute atomic E-state index is 13.2. The average molecular weight is 315 g/mol. The van der Waals surface area contributed by atoms with Gasteiger partial charge in [-0.2, -0.15) is 0 Å². The molecule has 2 aromatic rings. The first-order valence-electron chi connectivity index (χ1n) is 7.18. The van der Waals surface area contributed by atoms with Crippen LogP contribution >= 0.6 is 0 Å². The molecule has 0 aliphatic rings. The third kappa shape index (κ3) is 4.16. The van der Waals surface area contributed by atoms with Crippen molar-refractivity contribution in [2.24, 2.45) is 0 Å². The van der Waals surface area contributed by atoms with Crippen molar-refractivity contribution in [3.63, 3.8) is 0 Å². The Labute approximate surface area is 134 Å². The molecule has 0 fully saturated rings. The monoisotopic (exact) mass is 315 g/mol. The number of benzene rings is 2. The summed E-state index contributed by atoms with van der Waals surface area (Å²) in [5.41, 5.74) is 1.53. The van der Waals surface area contributed by atoms with Crippen LogP contribution in [0.15, 0.2) is 54.6 Å². The maximum Gasteiger partial charge on any atom is 0.329 e. The molecular weight excluding hydrogens is 297 g/mol. The Kier molecular flexibility index (Phi) is 5.46. The molecule has 2 rings (SSSR count). The summed E-state index contributed by atoms with van der Waals surface area (Å²) in [6, 6.07) is 14.2. The van der Waals surface area contributed by atoms with Gasteiger partial charge in [0.05, 0.1) is 7.11 Å². The van der Waals surface area contributed by atoms with Crippen molar-refractivity contribution in [1.82, 2.24) is 5.32 Å². The Morgan fingerprint density at radius 1 is 1.00 bits per heavy atom. The molecule has 4 nitrogen and oxygen atoms in total. The van der Waals surface area contributed by atoms with Crippen LogP contribution in [0.3, 0.4) is 0 Å². The fourth-order valence-electron chi connectivity index (χ4n) is 2.53. The van der Waals surface area contributed by atoms with Gasteiger partial charge in [0.1, 0.15) is 11.9 Å². The summed E-state index contributed by atoms with van der Waals surface area (Å²) in [5.74, 6) is -1.75. The lowest BCUT2D eigenvalue weighted by molar-refractivity contribution is -0.145. The number of hydrogen-bond donors (Lipinski definition) is 1. The fraction of sp³-hybridized carbons (Fsp3) is 0.222. The predicted octanol–water partition coefficient (Wildman–Crippen LogP) is 2.64. The van der Waals surface area contributed by atoms with Gasteiger partial charge in [0.15, 0.2) is 0 Å². The van der Waals surface area contributed by atoms with Crippen LogP contribution in [0, 0.1) is 5.82 Å². The third-order valence-corrected chi connectivity index (χ3v) is 3.54. The minimum atomic E-state index is -0.898. The molecule has 0 aliphatic carbocycles. The Morgan fingerprint density at radius 3 is 2.09 bits per heavy atom. The Hall–Kier alpha value is -2.69. The first kappa shape index (κ1) is 16.7. The largest absolute Gasteiger partial charge is 0.467 e. The topological polar surface area (TPSA) is 55.4 Å². The number of halogens is 1. The maximum atomic E-state index is 13.2. The lowest BCUT2D eigenvalue weighted by atomic mass is 9.85. The molecular formula is C18H18FNO3. The second-order valence-corrected chi connectivity index (χ2v) is 5.14. The highest BCUT2D eigenvalue weighted by Gasteiger charge is 2.32. The van der Waals surface area contributed by atoms with Gasteiger partial charge >= 0.3 is 5.97 Å². The van der Waals surface area contributed by atoms with Gasteiger partial charge in [-0.15, -0.1) is 0 Å². The van der Waals surface area contributed by atoms with Crippen molar-refractivity contribution in [2.75, 3.05) is 7.11 Å². The van der Waals surface area contributed by atoms with E-state index in [0.29, 0.717) is 5.56 Å². The van der Waals surface area contributed by atoms with Gasteiger partial charge < -0.3 is 10.1 Å². The molecule has 0 saturated heterocycles. The number of ether oxygens (including phenoxy) is 1. The predicted molar refractivity (Wildman–Crippen MR) is 84.3 cm³/mol. The molecule has 0 bridgehead atoms. The van der Waals surface area contributed by atoms with Gasteiger partial charge in [0.2, 0.25) is 5.91 Å². The number of nitrogens with one attached hydrogen (secondary N) is 1. The van der Waals surface area contributed by atoms with Crippen LogP contribution in [-0.4, -0.2) is 25.0 Å². The molecule has 0 spiro atoms. The Bertz CT molecular complexity index is 670. The number of esters is 1. The minimum Gasteiger partial charge on any atom is -0.467 e. The summed E-state index contributed by atoms with van der Waals surface area (Å²) in [4.78, 5) is 23.7. The smallest absolute Gasteiger partial charge is 0.329 e. The molecule has 0 heterocycles. The molecule has 1 amide bonds. The molecule has 0 saturated carbocycles. The second-order valence-electron chi connectivity index (χ2n) is 5.14. The van der Waals surface area contributed by atoms with E-state index in [1.807, 2.05) is 30.3 Å². The van der Waals surface area contributed by atoms with Crippen LogP contribution in [0.4, 0.5) is 4.39 Å². The van der Waals surface area contributed by atoms with Crippen LogP contribution in [0.25, 0.3) is 0 Å². The summed E-state index contributed by atoms with van der Waals surface area (Å²) in [6.07, 6.45) is 0. The molecule has 5 heteroatoms. The highest BCUT2D eigenvalue weighted by atomic mass is 19.1. The van der Waals surface area contributed by atoms with Gasteiger partial charge in [-0.25, -0.2) is 9.18 Å². The number of amides is 1. The Balaban J connectivity index is 2.52. The highest BCUT2D eigenvalue weighted by Crippen LogP contribution is 2.29. The summed E-state index contributed by atoms with van der Waals surface area (Å²) in [6.45, 7) is 1.34. The summed E-state index contributed by atoms with van der Waals surface area (Å²) in [5, 5.41) is 2.64. The molecule has 0 aromatic heterocycles. The van der Waals surface area contributed by atoms with Crippen molar-refractivity contribution in [2.45, 2.75) is 18.9 Å². The second kappa shape index (κ2) is 7.54. The minimum absolute atomic E-state index is 0.344. The van der Waals surface area contributed by atoms with E-state index in [-0.39, 0.29) is 11.7 Å². The summed E-state index contributed by atoms with van der Waals surface area (Å²) < 4.78 is 18.1. The molecule has 120 valence electrons. The zero-order valence-electron chi connectivity index (χ0n) is 13.0. The van der Waals surface area contributed by atoms with Crippen molar-refractivity contribution in [3.05, 3.63) is 71.5 Å². The van der Waals surface area contributed by atoms with Gasteiger partial charge in [0, 0.05) is 12.8 Å². The van der Waals surface area contributed by atoms with E-state index >= 15 is 0 Å². The standard InChI is InChI=1S/C18H18FNO3/c1-12(21)20-17(18(22)23-2)16(13-6-4-3-5-7-13)14-8-10-15(19)11-9-14/h3-11,16-17H,1-2H3,(H,20,21)/t16-,17+/m1/s1. The van der Waals surface area contributed by atoms with E-state index in [1.165, 1.54) is 26.2 Å². The lowest BCUT2D eigenvalue weighted by Gasteiger charge is -2.26. The number of carbonyl (C=O) groups excluding carboxylic acids is 2. The van der Waals surface area contributed by atoms with Crippen LogP contribution in [0.1, 0.15) is 24.0 Å². The number of rotatable bonds is 5. The molecule has 1 N–H and O–H groups in total. The molecule has 0 unspecified atom stereocenters. The quantitative estimate of drug-likeness (QED) is 0.863. The van der Waals surface area contributed by atoms with Crippen LogP contribution < -0.4 is 5.32 Å². The number of methoxy groups -OCH3 is 1. The first-order valence-corrected chi connectivity index (χ1v) is 7.18. The van der Waals surface area contributed by atoms with E-state index in [4.69, 9.17) is 4.74 Å². The van der Waals surface area contributed by atoms with Gasteiger partial charge in [-0.3, -0.25) is 4.79 Å². The van der Waals surface area contributed by atoms with E-state index in [9.17, 15) is 14.0 Å². The molecule has 0 radical (unpaired) electrons. The zero-order chi connectivity index (χ0) is 16.8. The third-order valence-electron chi connectivity index (χ3n) is 3.54. The Morgan fingerprint density at radius 2 is 1.57 bits per heavy atom. The number of hydrogen-bond acceptors (Lipinski definition) is 3. The molecule has 23 heavy (non-hydrogen) atoms. The highest BCUT2D eigenvalue weighted by molar-refractivity contribution is 5.84. The SMILES string of the molecule is COC(=O)[C@@H](NC(C)=O)[C@H](c1ccccc1)c1ccc(F)cc1. The average Bonchev–Trinajstić information content (AvgIpc) is 2.56. The fourth-order valence-corrected chi connectivity index (χ4v) is 2.53. The molecule has 0 aliphatic heterocycles. The van der Waals surface area contributed by atoms with Crippen molar-refractivity contribution < 1.29 is 18.7 Å². The lowest BCUT2D eigenvalue weighted by Crippen LogP contribution is -2.45. The number of carbonyl (C=O) groups is 2. The van der Waals surface area contributed by atoms with Crippen molar-refractivity contribution in [3.8, 4) is 0 Å².